The first-order valence-corrected chi connectivity index (χ1v) is 10.3. The Bertz CT molecular complexity index is 974. The molecule has 2 aromatic carbocycles. The molecule has 0 fully saturated rings. The van der Waals surface area contributed by atoms with Crippen molar-refractivity contribution < 1.29 is 42.4 Å². The van der Waals surface area contributed by atoms with Crippen LogP contribution in [0.5, 0.6) is 0 Å². The fourth-order valence-electron chi connectivity index (χ4n) is 1.80. The first-order chi connectivity index (χ1) is 11.7. The van der Waals surface area contributed by atoms with Gasteiger partial charge in [0, 0.05) is 0 Å². The molecule has 4 N–H and O–H groups in total. The molecule has 0 radical (unpaired) electrons. The SMILES string of the molecule is Cc1ccc(S(=O)(=O)[O-])c(N)c1Cl.Cc1ccc(S(=O)(=O)[O-])c(N)c1Cl.[Ni+2]. The molecule has 27 heavy (non-hydrogen) atoms. The molecule has 0 heterocycles. The van der Waals surface area contributed by atoms with Gasteiger partial charge < -0.3 is 20.6 Å². The standard InChI is InChI=1S/2C7H8ClNO3S.Ni/c2*1-4-2-3-5(13(10,11)12)7(9)6(4)8;/h2*2-3H,9H2,1H3,(H,10,11,12);/q;;+2/p-2. The summed E-state index contributed by atoms with van der Waals surface area (Å²) in [5.74, 6) is 0. The third-order valence-corrected chi connectivity index (χ3v) is 6.00. The monoisotopic (exact) mass is 498 g/mol. The minimum atomic E-state index is -4.53. The van der Waals surface area contributed by atoms with Crippen molar-refractivity contribution in [2.24, 2.45) is 0 Å². The molecule has 0 unspecified atom stereocenters. The van der Waals surface area contributed by atoms with Gasteiger partial charge in [-0.15, -0.1) is 0 Å². The first kappa shape index (κ1) is 25.9. The second kappa shape index (κ2) is 9.42. The molecule has 0 amide bonds. The van der Waals surface area contributed by atoms with E-state index in [1.165, 1.54) is 12.1 Å². The van der Waals surface area contributed by atoms with Crippen molar-refractivity contribution in [3.05, 3.63) is 45.4 Å². The maximum atomic E-state index is 10.6. The van der Waals surface area contributed by atoms with Crippen LogP contribution < -0.4 is 11.5 Å². The molecule has 0 bridgehead atoms. The molecule has 0 aliphatic rings. The molecule has 8 nitrogen and oxygen atoms in total. The maximum absolute atomic E-state index is 10.6. The third kappa shape index (κ3) is 6.50. The third-order valence-electron chi connectivity index (χ3n) is 3.20. The second-order valence-corrected chi connectivity index (χ2v) is 8.58. The van der Waals surface area contributed by atoms with E-state index in [9.17, 15) is 25.9 Å². The average Bonchev–Trinajstić information content (AvgIpc) is 2.48. The van der Waals surface area contributed by atoms with Crippen LogP contribution in [0.1, 0.15) is 11.1 Å². The summed E-state index contributed by atoms with van der Waals surface area (Å²) in [4.78, 5) is -0.939. The van der Waals surface area contributed by atoms with E-state index in [0.29, 0.717) is 11.1 Å². The Balaban J connectivity index is 0.000000483. The van der Waals surface area contributed by atoms with Gasteiger partial charge >= 0.3 is 16.5 Å². The van der Waals surface area contributed by atoms with E-state index in [1.54, 1.807) is 13.8 Å². The van der Waals surface area contributed by atoms with E-state index in [0.717, 1.165) is 12.1 Å². The first-order valence-electron chi connectivity index (χ1n) is 6.68. The number of anilines is 2. The molecule has 0 spiro atoms. The summed E-state index contributed by atoms with van der Waals surface area (Å²) in [6, 6.07) is 5.17. The number of rotatable bonds is 2. The molecular formula is C14H14Cl2N2NiO6S2. The van der Waals surface area contributed by atoms with Crippen LogP contribution in [0.4, 0.5) is 11.4 Å². The van der Waals surface area contributed by atoms with E-state index in [-0.39, 0.29) is 37.9 Å². The molecule has 2 aromatic rings. The van der Waals surface area contributed by atoms with Crippen molar-refractivity contribution in [1.29, 1.82) is 0 Å². The zero-order chi connectivity index (χ0) is 20.4. The van der Waals surface area contributed by atoms with Gasteiger partial charge in [-0.3, -0.25) is 0 Å². The van der Waals surface area contributed by atoms with Crippen molar-refractivity contribution in [3.63, 3.8) is 0 Å². The van der Waals surface area contributed by atoms with Crippen molar-refractivity contribution in [1.82, 2.24) is 0 Å². The van der Waals surface area contributed by atoms with Crippen LogP contribution in [-0.4, -0.2) is 25.9 Å². The number of nitrogens with two attached hydrogens (primary N) is 2. The van der Waals surface area contributed by atoms with Gasteiger partial charge in [-0.1, -0.05) is 35.3 Å². The fourth-order valence-corrected chi connectivity index (χ4v) is 3.46. The summed E-state index contributed by atoms with van der Waals surface area (Å²) < 4.78 is 63.7. The maximum Gasteiger partial charge on any atom is 2.00 e. The van der Waals surface area contributed by atoms with Crippen LogP contribution in [-0.2, 0) is 36.7 Å². The number of aryl methyl sites for hydroxylation is 2. The molecular weight excluding hydrogens is 486 g/mol. The van der Waals surface area contributed by atoms with Crippen LogP contribution >= 0.6 is 23.2 Å². The molecule has 0 saturated heterocycles. The predicted octanol–water partition coefficient (Wildman–Crippen LogP) is 2.27. The Hall–Kier alpha value is -1.07. The Kier molecular flexibility index (Phi) is 9.05. The van der Waals surface area contributed by atoms with Gasteiger partial charge in [0.2, 0.25) is 0 Å². The smallest absolute Gasteiger partial charge is 0.744 e. The Labute approximate surface area is 177 Å². The Morgan fingerprint density at radius 1 is 0.741 bits per heavy atom. The van der Waals surface area contributed by atoms with Gasteiger partial charge in [-0.25, -0.2) is 16.8 Å². The summed E-state index contributed by atoms with van der Waals surface area (Å²) in [6.07, 6.45) is 0. The molecule has 0 aromatic heterocycles. The topological polar surface area (TPSA) is 166 Å². The molecule has 0 aliphatic carbocycles. The van der Waals surface area contributed by atoms with E-state index in [4.69, 9.17) is 34.7 Å². The zero-order valence-corrected chi connectivity index (χ0v) is 17.9. The Morgan fingerprint density at radius 3 is 1.22 bits per heavy atom. The van der Waals surface area contributed by atoms with Gasteiger partial charge in [0.25, 0.3) is 0 Å². The molecule has 0 saturated carbocycles. The van der Waals surface area contributed by atoms with E-state index < -0.39 is 30.0 Å². The number of hydrogen-bond acceptors (Lipinski definition) is 8. The summed E-state index contributed by atoms with van der Waals surface area (Å²) in [5.41, 5.74) is 11.6. The summed E-state index contributed by atoms with van der Waals surface area (Å²) >= 11 is 11.3. The minimum Gasteiger partial charge on any atom is -0.744 e. The molecule has 13 heteroatoms. The summed E-state index contributed by atoms with van der Waals surface area (Å²) in [6.45, 7) is 3.33. The van der Waals surface area contributed by atoms with Gasteiger partial charge in [0.15, 0.2) is 0 Å². The van der Waals surface area contributed by atoms with Crippen molar-refractivity contribution in [2.45, 2.75) is 23.6 Å². The fraction of sp³-hybridized carbons (Fsp3) is 0.143. The molecule has 0 aliphatic heterocycles. The Morgan fingerprint density at radius 2 is 1.00 bits per heavy atom. The van der Waals surface area contributed by atoms with Crippen LogP contribution in [0, 0.1) is 13.8 Å². The van der Waals surface area contributed by atoms with Crippen molar-refractivity contribution in [2.75, 3.05) is 11.5 Å². The van der Waals surface area contributed by atoms with Crippen molar-refractivity contribution >= 4 is 54.8 Å². The second-order valence-electron chi connectivity index (χ2n) is 5.12. The van der Waals surface area contributed by atoms with Gasteiger partial charge in [-0.05, 0) is 37.1 Å². The van der Waals surface area contributed by atoms with E-state index >= 15 is 0 Å². The predicted molar refractivity (Wildman–Crippen MR) is 97.1 cm³/mol. The number of benzene rings is 2. The van der Waals surface area contributed by atoms with Gasteiger partial charge in [-0.2, -0.15) is 0 Å². The number of nitrogen functional groups attached to an aromatic ring is 2. The summed E-state index contributed by atoms with van der Waals surface area (Å²) in [7, 11) is -9.06. The van der Waals surface area contributed by atoms with Crippen LogP contribution in [0.25, 0.3) is 0 Å². The molecule has 2 rings (SSSR count). The quantitative estimate of drug-likeness (QED) is 0.360. The summed E-state index contributed by atoms with van der Waals surface area (Å²) in [5, 5.41) is 0.217. The number of hydrogen-bond donors (Lipinski definition) is 2. The van der Waals surface area contributed by atoms with E-state index in [2.05, 4.69) is 0 Å². The van der Waals surface area contributed by atoms with Crippen LogP contribution in [0.3, 0.4) is 0 Å². The zero-order valence-electron chi connectivity index (χ0n) is 13.8. The normalized spacial score (nSPS) is 11.2. The number of halogens is 2. The largest absolute Gasteiger partial charge is 2.00 e. The molecule has 0 atom stereocenters. The van der Waals surface area contributed by atoms with E-state index in [1.807, 2.05) is 0 Å². The van der Waals surface area contributed by atoms with Crippen molar-refractivity contribution in [3.8, 4) is 0 Å². The van der Waals surface area contributed by atoms with Crippen LogP contribution in [0.15, 0.2) is 34.1 Å². The minimum absolute atomic E-state index is 0. The average molecular weight is 500 g/mol. The molecule has 152 valence electrons. The van der Waals surface area contributed by atoms with Gasteiger partial charge in [0.05, 0.1) is 31.2 Å². The van der Waals surface area contributed by atoms with Gasteiger partial charge in [0.1, 0.15) is 20.2 Å². The van der Waals surface area contributed by atoms with Crippen LogP contribution in [0.2, 0.25) is 10.0 Å².